The maximum Gasteiger partial charge on any atom is 0.352 e. The summed E-state index contributed by atoms with van der Waals surface area (Å²) in [6.45, 7) is 3.01. The number of cyclic esters (lactones) is 1. The number of aliphatic hydroxyl groups is 4. The molecule has 276 valence electrons. The van der Waals surface area contributed by atoms with Crippen LogP contribution in [0, 0.1) is 0 Å². The van der Waals surface area contributed by atoms with Gasteiger partial charge >= 0.3 is 5.97 Å². The van der Waals surface area contributed by atoms with Gasteiger partial charge in [-0.3, -0.25) is 9.59 Å². The highest BCUT2D eigenvalue weighted by molar-refractivity contribution is 6.15. The third-order valence-electron chi connectivity index (χ3n) is 9.99. The number of rotatable bonds is 13. The Labute approximate surface area is 293 Å². The van der Waals surface area contributed by atoms with Gasteiger partial charge in [-0.25, -0.2) is 4.79 Å². The molecule has 8 atom stereocenters. The molecule has 2 fully saturated rings. The second kappa shape index (κ2) is 15.3. The van der Waals surface area contributed by atoms with Gasteiger partial charge in [0, 0.05) is 29.2 Å². The van der Waals surface area contributed by atoms with E-state index >= 15 is 0 Å². The molecule has 0 unspecified atom stereocenters. The summed E-state index contributed by atoms with van der Waals surface area (Å²) in [4.78, 5) is 51.7. The molecule has 1 aromatic heterocycles. The van der Waals surface area contributed by atoms with Crippen LogP contribution in [-0.2, 0) is 24.0 Å². The molecule has 0 aliphatic carbocycles. The van der Waals surface area contributed by atoms with Crippen LogP contribution in [0.25, 0.3) is 22.3 Å². The summed E-state index contributed by atoms with van der Waals surface area (Å²) in [5.74, 6) is -2.64. The molecule has 3 aliphatic rings. The molecule has 3 aromatic rings. The topological polar surface area (TPSA) is 212 Å². The van der Waals surface area contributed by atoms with Crippen molar-refractivity contribution >= 4 is 22.7 Å². The van der Waals surface area contributed by atoms with E-state index < -0.39 is 77.9 Å². The number of unbranched alkanes of at least 4 members (excludes halogenated alkanes) is 7. The standard InChI is InChI=1S/C37H44O14/c1-3-4-5-6-7-8-9-10-11-22-28-26(50-51-37(22)34(44)19(2)46-36(37)45)17-24(40)29-23(39)16-25(48-33(28)29)20-12-14-21(15-13-20)47-35-32(43)31(42)30(41)27(18-38)49-35/h12-17,19,22,27,30-32,35,38,40-43H,3-11,18H2,1-2H3/t19-,22-,27-,30-,31+,32-,35-,37+/m1/s1. The van der Waals surface area contributed by atoms with Crippen molar-refractivity contribution in [3.8, 4) is 28.6 Å². The molecule has 2 saturated heterocycles. The molecule has 14 nitrogen and oxygen atoms in total. The van der Waals surface area contributed by atoms with E-state index in [1.165, 1.54) is 44.0 Å². The molecular weight excluding hydrogens is 668 g/mol. The van der Waals surface area contributed by atoms with E-state index in [-0.39, 0.29) is 33.8 Å². The second-order valence-electron chi connectivity index (χ2n) is 13.5. The number of phenolic OH excluding ortho intramolecular Hbond substituents is 1. The molecular formula is C37H44O14. The van der Waals surface area contributed by atoms with E-state index in [1.54, 1.807) is 12.1 Å². The maximum atomic E-state index is 13.6. The lowest BCUT2D eigenvalue weighted by Crippen LogP contribution is -2.60. The Kier molecular flexibility index (Phi) is 11.0. The van der Waals surface area contributed by atoms with Crippen LogP contribution in [0.3, 0.4) is 0 Å². The molecule has 2 aromatic carbocycles. The van der Waals surface area contributed by atoms with Crippen LogP contribution >= 0.6 is 0 Å². The summed E-state index contributed by atoms with van der Waals surface area (Å²) in [6, 6.07) is 8.49. The smallest absolute Gasteiger partial charge is 0.352 e. The molecule has 14 heteroatoms. The Morgan fingerprint density at radius 2 is 1.57 bits per heavy atom. The molecule has 1 spiro atoms. The van der Waals surface area contributed by atoms with Crippen molar-refractivity contribution in [2.45, 2.75) is 120 Å². The first-order valence-electron chi connectivity index (χ1n) is 17.5. The van der Waals surface area contributed by atoms with E-state index in [4.69, 9.17) is 28.4 Å². The lowest BCUT2D eigenvalue weighted by Gasteiger charge is -2.39. The molecule has 3 aliphatic heterocycles. The molecule has 0 amide bonds. The number of hydrogen-bond acceptors (Lipinski definition) is 14. The number of hydrogen-bond donors (Lipinski definition) is 5. The fourth-order valence-electron chi connectivity index (χ4n) is 7.14. The van der Waals surface area contributed by atoms with Crippen LogP contribution in [0.2, 0.25) is 0 Å². The third kappa shape index (κ3) is 6.84. The van der Waals surface area contributed by atoms with Crippen LogP contribution in [0.4, 0.5) is 0 Å². The zero-order valence-electron chi connectivity index (χ0n) is 28.5. The number of fused-ring (bicyclic) bond motifs is 3. The summed E-state index contributed by atoms with van der Waals surface area (Å²) < 4.78 is 22.8. The van der Waals surface area contributed by atoms with E-state index in [0.717, 1.165) is 32.1 Å². The maximum absolute atomic E-state index is 13.6. The molecule has 0 radical (unpaired) electrons. The highest BCUT2D eigenvalue weighted by atomic mass is 17.2. The van der Waals surface area contributed by atoms with Gasteiger partial charge in [0.15, 0.2) is 17.3 Å². The van der Waals surface area contributed by atoms with Crippen LogP contribution in [0.1, 0.15) is 83.1 Å². The van der Waals surface area contributed by atoms with E-state index in [9.17, 15) is 39.9 Å². The largest absolute Gasteiger partial charge is 0.507 e. The average molecular weight is 713 g/mol. The zero-order chi connectivity index (χ0) is 36.4. The summed E-state index contributed by atoms with van der Waals surface area (Å²) >= 11 is 0. The summed E-state index contributed by atoms with van der Waals surface area (Å²) in [5, 5.41) is 50.7. The summed E-state index contributed by atoms with van der Waals surface area (Å²) in [6.07, 6.45) is 0.0122. The van der Waals surface area contributed by atoms with Gasteiger partial charge in [0.25, 0.3) is 5.60 Å². The van der Waals surface area contributed by atoms with Gasteiger partial charge in [-0.15, -0.1) is 0 Å². The van der Waals surface area contributed by atoms with E-state index in [0.29, 0.717) is 18.4 Å². The molecule has 4 heterocycles. The minimum atomic E-state index is -2.13. The number of ether oxygens (including phenoxy) is 3. The van der Waals surface area contributed by atoms with Gasteiger partial charge in [0.05, 0.1) is 6.61 Å². The second-order valence-corrected chi connectivity index (χ2v) is 13.5. The van der Waals surface area contributed by atoms with Crippen molar-refractivity contribution in [2.24, 2.45) is 0 Å². The Morgan fingerprint density at radius 1 is 0.882 bits per heavy atom. The molecule has 0 saturated carbocycles. The fraction of sp³-hybridized carbons (Fsp3) is 0.541. The molecule has 5 N–H and O–H groups in total. The third-order valence-corrected chi connectivity index (χ3v) is 9.99. The van der Waals surface area contributed by atoms with Gasteiger partial charge in [0.2, 0.25) is 12.1 Å². The Morgan fingerprint density at radius 3 is 2.22 bits per heavy atom. The number of benzene rings is 2. The summed E-state index contributed by atoms with van der Waals surface area (Å²) in [5.41, 5.74) is -2.15. The van der Waals surface area contributed by atoms with E-state index in [2.05, 4.69) is 6.92 Å². The monoisotopic (exact) mass is 712 g/mol. The molecule has 0 bridgehead atoms. The number of carbonyl (C=O) groups is 2. The normalized spacial score (nSPS) is 28.9. The highest BCUT2D eigenvalue weighted by Crippen LogP contribution is 2.52. The minimum Gasteiger partial charge on any atom is -0.507 e. The van der Waals surface area contributed by atoms with Crippen molar-refractivity contribution in [3.63, 3.8) is 0 Å². The SMILES string of the molecule is CCCCCCCCCC[C@@H]1c2c(cc(O)c3c(=O)cc(-c4ccc(O[C@@H]5O[C@H](CO)[C@@H](O)[C@H](O)[C@H]5O)cc4)oc23)OO[C@@]12C(=O)O[C@H](C)C2=O. The van der Waals surface area contributed by atoms with Crippen molar-refractivity contribution < 1.29 is 63.5 Å². The fourth-order valence-corrected chi connectivity index (χ4v) is 7.14. The Hall–Kier alpha value is -4.05. The number of ketones is 1. The number of esters is 1. The lowest BCUT2D eigenvalue weighted by molar-refractivity contribution is -0.289. The first-order valence-corrected chi connectivity index (χ1v) is 17.5. The lowest BCUT2D eigenvalue weighted by atomic mass is 9.74. The highest BCUT2D eigenvalue weighted by Gasteiger charge is 2.66. The van der Waals surface area contributed by atoms with Gasteiger partial charge < -0.3 is 49.0 Å². The number of aliphatic hydroxyl groups excluding tert-OH is 4. The predicted octanol–water partition coefficient (Wildman–Crippen LogP) is 3.54. The first kappa shape index (κ1) is 36.7. The van der Waals surface area contributed by atoms with Crippen molar-refractivity contribution in [3.05, 3.63) is 52.2 Å². The molecule has 51 heavy (non-hydrogen) atoms. The van der Waals surface area contributed by atoms with Gasteiger partial charge in [-0.2, -0.15) is 4.89 Å². The van der Waals surface area contributed by atoms with Crippen LogP contribution < -0.4 is 15.1 Å². The van der Waals surface area contributed by atoms with Crippen molar-refractivity contribution in [1.82, 2.24) is 0 Å². The van der Waals surface area contributed by atoms with Gasteiger partial charge in [-0.1, -0.05) is 58.3 Å². The average Bonchev–Trinajstić information content (AvgIpc) is 3.33. The number of carbonyl (C=O) groups excluding carboxylic acids is 2. The van der Waals surface area contributed by atoms with Crippen LogP contribution in [-0.4, -0.2) is 86.3 Å². The Bertz CT molecular complexity index is 1780. The molecule has 6 rings (SSSR count). The minimum absolute atomic E-state index is 0.000999. The zero-order valence-corrected chi connectivity index (χ0v) is 28.5. The van der Waals surface area contributed by atoms with Crippen LogP contribution in [0.15, 0.2) is 45.6 Å². The predicted molar refractivity (Wildman–Crippen MR) is 179 cm³/mol. The van der Waals surface area contributed by atoms with E-state index in [1.807, 2.05) is 0 Å². The number of aromatic hydroxyl groups is 1. The van der Waals surface area contributed by atoms with Gasteiger partial charge in [-0.05, 0) is 37.6 Å². The first-order chi connectivity index (χ1) is 24.5. The number of Topliss-reactive ketones (excluding diaryl/α,β-unsaturated/α-hetero) is 1. The van der Waals surface area contributed by atoms with Crippen molar-refractivity contribution in [1.29, 1.82) is 0 Å². The quantitative estimate of drug-likeness (QED) is 0.0743. The summed E-state index contributed by atoms with van der Waals surface area (Å²) in [7, 11) is 0. The van der Waals surface area contributed by atoms with Crippen LogP contribution in [0.5, 0.6) is 17.2 Å². The Balaban J connectivity index is 1.33. The van der Waals surface area contributed by atoms with Gasteiger partial charge in [0.1, 0.15) is 52.6 Å². The number of phenols is 1. The van der Waals surface area contributed by atoms with Crippen molar-refractivity contribution in [2.75, 3.05) is 6.61 Å².